The summed E-state index contributed by atoms with van der Waals surface area (Å²) in [5.41, 5.74) is 1.32. The molecule has 0 fully saturated rings. The van der Waals surface area contributed by atoms with Gasteiger partial charge in [-0.1, -0.05) is 6.07 Å². The van der Waals surface area contributed by atoms with Gasteiger partial charge in [-0.25, -0.2) is 17.9 Å². The monoisotopic (exact) mass is 396 g/mol. The molecule has 138 valence electrons. The molecule has 0 aliphatic carbocycles. The molecule has 2 aromatic rings. The third-order valence-corrected chi connectivity index (χ3v) is 6.42. The second-order valence-corrected chi connectivity index (χ2v) is 8.36. The van der Waals surface area contributed by atoms with Crippen LogP contribution >= 0.6 is 11.3 Å². The number of fused-ring (bicyclic) bond motifs is 1. The average molecular weight is 396 g/mol. The fourth-order valence-electron chi connectivity index (χ4n) is 2.57. The van der Waals surface area contributed by atoms with E-state index < -0.39 is 27.9 Å². The van der Waals surface area contributed by atoms with Crippen molar-refractivity contribution in [3.63, 3.8) is 0 Å². The lowest BCUT2D eigenvalue weighted by atomic mass is 10.0. The Morgan fingerprint density at radius 3 is 2.77 bits per heavy atom. The topological polar surface area (TPSA) is 122 Å². The van der Waals surface area contributed by atoms with Gasteiger partial charge in [0.15, 0.2) is 6.04 Å². The lowest BCUT2D eigenvalue weighted by molar-refractivity contribution is -0.139. The van der Waals surface area contributed by atoms with Crippen LogP contribution in [0, 0.1) is 0 Å². The van der Waals surface area contributed by atoms with Crippen LogP contribution in [0.4, 0.5) is 0 Å². The molecule has 1 atom stereocenters. The Labute approximate surface area is 153 Å². The van der Waals surface area contributed by atoms with Crippen molar-refractivity contribution in [3.05, 3.63) is 45.6 Å². The van der Waals surface area contributed by atoms with Crippen molar-refractivity contribution < 1.29 is 27.9 Å². The fraction of sp³-hybridized carbons (Fsp3) is 0.250. The number of aliphatic carboxylic acids is 1. The molecule has 8 nitrogen and oxygen atoms in total. The van der Waals surface area contributed by atoms with Gasteiger partial charge in [0.05, 0.1) is 16.4 Å². The number of hydrogen-bond donors (Lipinski definition) is 3. The molecule has 0 saturated carbocycles. The molecule has 0 bridgehead atoms. The summed E-state index contributed by atoms with van der Waals surface area (Å²) < 4.78 is 31.1. The first-order chi connectivity index (χ1) is 12.3. The lowest BCUT2D eigenvalue weighted by Crippen LogP contribution is -2.33. The Balaban J connectivity index is 1.83. The summed E-state index contributed by atoms with van der Waals surface area (Å²) in [4.78, 5) is 24.1. The van der Waals surface area contributed by atoms with Crippen LogP contribution in [-0.4, -0.2) is 39.1 Å². The van der Waals surface area contributed by atoms with Crippen LogP contribution < -0.4 is 14.8 Å². The zero-order chi connectivity index (χ0) is 18.9. The predicted molar refractivity (Wildman–Crippen MR) is 94.0 cm³/mol. The molecule has 0 saturated heterocycles. The number of amides is 1. The van der Waals surface area contributed by atoms with Crippen LogP contribution in [0.1, 0.15) is 26.8 Å². The molecule has 3 N–H and O–H groups in total. The minimum Gasteiger partial charge on any atom is -0.493 e. The largest absolute Gasteiger partial charge is 0.493 e. The van der Waals surface area contributed by atoms with Gasteiger partial charge in [0, 0.05) is 11.8 Å². The SMILES string of the molecule is CNS(=O)(=O)c1csc(C(=O)NC(C(=O)O)c2ccc3c(c2)CCO3)c1. The summed E-state index contributed by atoms with van der Waals surface area (Å²) in [6.45, 7) is 0.542. The summed E-state index contributed by atoms with van der Waals surface area (Å²) in [6, 6.07) is 4.94. The number of carboxylic acids is 1. The number of rotatable bonds is 6. The number of nitrogens with one attached hydrogen (secondary N) is 2. The van der Waals surface area contributed by atoms with Crippen LogP contribution in [0.15, 0.2) is 34.5 Å². The summed E-state index contributed by atoms with van der Waals surface area (Å²) in [5.74, 6) is -1.15. The highest BCUT2D eigenvalue weighted by atomic mass is 32.2. The number of benzene rings is 1. The third kappa shape index (κ3) is 3.57. The van der Waals surface area contributed by atoms with Gasteiger partial charge in [-0.3, -0.25) is 4.79 Å². The number of thiophene rings is 1. The van der Waals surface area contributed by atoms with Crippen molar-refractivity contribution in [3.8, 4) is 5.75 Å². The molecule has 3 rings (SSSR count). The van der Waals surface area contributed by atoms with Crippen molar-refractivity contribution in [2.75, 3.05) is 13.7 Å². The standard InChI is InChI=1S/C16H16N2O6S2/c1-17-26(22,23)11-7-13(25-8-11)15(19)18-14(16(20)21)10-2-3-12-9(6-10)4-5-24-12/h2-3,6-8,14,17H,4-5H2,1H3,(H,18,19)(H,20,21). The van der Waals surface area contributed by atoms with Gasteiger partial charge in [0.1, 0.15) is 5.75 Å². The van der Waals surface area contributed by atoms with Gasteiger partial charge in [-0.15, -0.1) is 11.3 Å². The van der Waals surface area contributed by atoms with Gasteiger partial charge >= 0.3 is 5.97 Å². The molecule has 1 aliphatic rings. The minimum absolute atomic E-state index is 0.0447. The fourth-order valence-corrected chi connectivity index (χ4v) is 4.48. The second kappa shape index (κ2) is 7.06. The van der Waals surface area contributed by atoms with Crippen molar-refractivity contribution in [1.29, 1.82) is 0 Å². The van der Waals surface area contributed by atoms with E-state index in [1.165, 1.54) is 18.5 Å². The minimum atomic E-state index is -3.66. The summed E-state index contributed by atoms with van der Waals surface area (Å²) in [6.07, 6.45) is 0.680. The third-order valence-electron chi connectivity index (χ3n) is 3.95. The number of sulfonamides is 1. The van der Waals surface area contributed by atoms with Crippen LogP contribution in [0.3, 0.4) is 0 Å². The average Bonchev–Trinajstić information content (AvgIpc) is 3.27. The number of carboxylic acid groups (broad SMARTS) is 1. The Hall–Kier alpha value is -2.43. The van der Waals surface area contributed by atoms with Crippen molar-refractivity contribution >= 4 is 33.2 Å². The Bertz CT molecular complexity index is 967. The number of hydrogen-bond acceptors (Lipinski definition) is 6. The van der Waals surface area contributed by atoms with E-state index in [2.05, 4.69) is 10.0 Å². The molecule has 0 spiro atoms. The van der Waals surface area contributed by atoms with E-state index >= 15 is 0 Å². The first kappa shape index (κ1) is 18.4. The molecular formula is C16H16N2O6S2. The van der Waals surface area contributed by atoms with Gasteiger partial charge in [-0.05, 0) is 36.4 Å². The van der Waals surface area contributed by atoms with Gasteiger partial charge in [0.25, 0.3) is 5.91 Å². The van der Waals surface area contributed by atoms with Crippen LogP contribution in [0.2, 0.25) is 0 Å². The van der Waals surface area contributed by atoms with E-state index in [1.807, 2.05) is 0 Å². The molecule has 0 radical (unpaired) electrons. The van der Waals surface area contributed by atoms with Crippen LogP contribution in [-0.2, 0) is 21.2 Å². The second-order valence-electron chi connectivity index (χ2n) is 5.56. The number of carbonyl (C=O) groups excluding carboxylic acids is 1. The maximum atomic E-state index is 12.4. The van der Waals surface area contributed by atoms with E-state index in [9.17, 15) is 23.1 Å². The number of ether oxygens (including phenoxy) is 1. The zero-order valence-corrected chi connectivity index (χ0v) is 15.3. The molecule has 1 aromatic heterocycles. The molecule has 10 heteroatoms. The van der Waals surface area contributed by atoms with E-state index in [0.717, 1.165) is 16.9 Å². The Morgan fingerprint density at radius 1 is 1.31 bits per heavy atom. The van der Waals surface area contributed by atoms with Crippen molar-refractivity contribution in [2.45, 2.75) is 17.4 Å². The van der Waals surface area contributed by atoms with E-state index in [0.29, 0.717) is 24.3 Å². The smallest absolute Gasteiger partial charge is 0.330 e. The molecule has 1 aliphatic heterocycles. The highest BCUT2D eigenvalue weighted by molar-refractivity contribution is 7.89. The normalized spacial score (nSPS) is 14.3. The molecule has 2 heterocycles. The van der Waals surface area contributed by atoms with Crippen LogP contribution in [0.5, 0.6) is 5.75 Å². The predicted octanol–water partition coefficient (Wildman–Crippen LogP) is 1.15. The first-order valence-electron chi connectivity index (χ1n) is 7.63. The maximum absolute atomic E-state index is 12.4. The molecule has 1 amide bonds. The van der Waals surface area contributed by atoms with Gasteiger partial charge < -0.3 is 15.2 Å². The van der Waals surface area contributed by atoms with E-state index in [4.69, 9.17) is 4.74 Å². The Kier molecular flexibility index (Phi) is 4.99. The van der Waals surface area contributed by atoms with E-state index in [1.54, 1.807) is 18.2 Å². The first-order valence-corrected chi connectivity index (χ1v) is 9.99. The molecule has 26 heavy (non-hydrogen) atoms. The van der Waals surface area contributed by atoms with E-state index in [-0.39, 0.29) is 9.77 Å². The highest BCUT2D eigenvalue weighted by Gasteiger charge is 2.26. The zero-order valence-electron chi connectivity index (χ0n) is 13.7. The summed E-state index contributed by atoms with van der Waals surface area (Å²) >= 11 is 0.925. The highest BCUT2D eigenvalue weighted by Crippen LogP contribution is 2.29. The van der Waals surface area contributed by atoms with Gasteiger partial charge in [0.2, 0.25) is 10.0 Å². The van der Waals surface area contributed by atoms with Gasteiger partial charge in [-0.2, -0.15) is 0 Å². The molecular weight excluding hydrogens is 380 g/mol. The molecule has 1 aromatic carbocycles. The van der Waals surface area contributed by atoms with Crippen molar-refractivity contribution in [1.82, 2.24) is 10.0 Å². The Morgan fingerprint density at radius 2 is 2.08 bits per heavy atom. The van der Waals surface area contributed by atoms with Crippen molar-refractivity contribution in [2.24, 2.45) is 0 Å². The quantitative estimate of drug-likeness (QED) is 0.673. The molecule has 1 unspecified atom stereocenters. The summed E-state index contributed by atoms with van der Waals surface area (Å²) in [5, 5.41) is 13.3. The summed E-state index contributed by atoms with van der Waals surface area (Å²) in [7, 11) is -2.40. The lowest BCUT2D eigenvalue weighted by Gasteiger charge is -2.15. The number of carbonyl (C=O) groups is 2. The van der Waals surface area contributed by atoms with Crippen LogP contribution in [0.25, 0.3) is 0 Å². The maximum Gasteiger partial charge on any atom is 0.330 e.